The molecule has 0 aliphatic rings. The molecule has 2 aromatic rings. The number of carbonyl (C=O) groups excluding carboxylic acids is 2. The molecule has 2 amide bonds. The molecule has 6 nitrogen and oxygen atoms in total. The highest BCUT2D eigenvalue weighted by molar-refractivity contribution is 6.33. The summed E-state index contributed by atoms with van der Waals surface area (Å²) in [6, 6.07) is 13.8. The maximum Gasteiger partial charge on any atom is 0.259 e. The molecule has 0 fully saturated rings. The lowest BCUT2D eigenvalue weighted by atomic mass is 10.2. The van der Waals surface area contributed by atoms with Crippen molar-refractivity contribution in [3.05, 3.63) is 64.7 Å². The zero-order chi connectivity index (χ0) is 17.4. The van der Waals surface area contributed by atoms with Crippen LogP contribution in [0.2, 0.25) is 5.02 Å². The van der Waals surface area contributed by atoms with E-state index in [0.717, 1.165) is 5.56 Å². The van der Waals surface area contributed by atoms with Gasteiger partial charge in [-0.05, 0) is 29.8 Å². The second-order valence-electron chi connectivity index (χ2n) is 4.73. The normalized spacial score (nSPS) is 10.4. The third-order valence-electron chi connectivity index (χ3n) is 3.02. The van der Waals surface area contributed by atoms with E-state index < -0.39 is 11.8 Å². The smallest absolute Gasteiger partial charge is 0.259 e. The molecule has 2 rings (SSSR count). The molecule has 2 N–H and O–H groups in total. The van der Waals surface area contributed by atoms with Crippen LogP contribution in [0.1, 0.15) is 15.9 Å². The number of carbonyl (C=O) groups is 2. The molecule has 124 valence electrons. The number of hydrazone groups is 1. The molecule has 0 spiro atoms. The number of hydrogen-bond acceptors (Lipinski definition) is 4. The van der Waals surface area contributed by atoms with Crippen LogP contribution in [0.4, 0.5) is 0 Å². The number of nitrogens with zero attached hydrogens (tertiary/aromatic N) is 1. The Morgan fingerprint density at radius 1 is 1.21 bits per heavy atom. The Morgan fingerprint density at radius 2 is 2.00 bits per heavy atom. The molecule has 0 aromatic heterocycles. The second-order valence-corrected chi connectivity index (χ2v) is 5.14. The average molecular weight is 346 g/mol. The summed E-state index contributed by atoms with van der Waals surface area (Å²) in [5, 5.41) is 6.63. The quantitative estimate of drug-likeness (QED) is 0.622. The molecule has 0 saturated carbocycles. The molecule has 0 saturated heterocycles. The molecule has 7 heteroatoms. The van der Waals surface area contributed by atoms with Crippen molar-refractivity contribution in [1.29, 1.82) is 0 Å². The Morgan fingerprint density at radius 3 is 2.75 bits per heavy atom. The van der Waals surface area contributed by atoms with Gasteiger partial charge in [-0.25, -0.2) is 5.43 Å². The first-order chi connectivity index (χ1) is 11.6. The van der Waals surface area contributed by atoms with Gasteiger partial charge in [0.2, 0.25) is 0 Å². The molecule has 2 aromatic carbocycles. The largest absolute Gasteiger partial charge is 0.497 e. The van der Waals surface area contributed by atoms with Gasteiger partial charge in [-0.2, -0.15) is 5.10 Å². The number of methoxy groups -OCH3 is 1. The summed E-state index contributed by atoms with van der Waals surface area (Å²) < 4.78 is 5.09. The summed E-state index contributed by atoms with van der Waals surface area (Å²) in [6.07, 6.45) is 1.48. The number of rotatable bonds is 6. The summed E-state index contributed by atoms with van der Waals surface area (Å²) in [5.74, 6) is -0.181. The number of halogens is 1. The predicted molar refractivity (Wildman–Crippen MR) is 92.5 cm³/mol. The summed E-state index contributed by atoms with van der Waals surface area (Å²) in [5.41, 5.74) is 3.42. The van der Waals surface area contributed by atoms with Crippen molar-refractivity contribution in [2.24, 2.45) is 5.10 Å². The Labute approximate surface area is 144 Å². The van der Waals surface area contributed by atoms with Gasteiger partial charge in [-0.3, -0.25) is 9.59 Å². The molecule has 24 heavy (non-hydrogen) atoms. The fourth-order valence-corrected chi connectivity index (χ4v) is 2.06. The molecule has 0 radical (unpaired) electrons. The number of amides is 2. The van der Waals surface area contributed by atoms with E-state index in [1.165, 1.54) is 6.21 Å². The summed E-state index contributed by atoms with van der Waals surface area (Å²) >= 11 is 5.92. The van der Waals surface area contributed by atoms with Gasteiger partial charge in [0.05, 0.1) is 30.5 Å². The Hall–Kier alpha value is -2.86. The van der Waals surface area contributed by atoms with Crippen molar-refractivity contribution in [2.45, 2.75) is 0 Å². The van der Waals surface area contributed by atoms with Gasteiger partial charge in [0, 0.05) is 0 Å². The van der Waals surface area contributed by atoms with E-state index in [4.69, 9.17) is 16.3 Å². The number of benzene rings is 2. The van der Waals surface area contributed by atoms with E-state index in [1.54, 1.807) is 43.5 Å². The minimum atomic E-state index is -0.449. The van der Waals surface area contributed by atoms with Gasteiger partial charge >= 0.3 is 0 Å². The van der Waals surface area contributed by atoms with Gasteiger partial charge < -0.3 is 10.1 Å². The van der Waals surface area contributed by atoms with E-state index in [9.17, 15) is 9.59 Å². The van der Waals surface area contributed by atoms with E-state index in [2.05, 4.69) is 15.8 Å². The molecule has 0 bridgehead atoms. The molecular weight excluding hydrogens is 330 g/mol. The van der Waals surface area contributed by atoms with Gasteiger partial charge in [0.25, 0.3) is 11.8 Å². The minimum Gasteiger partial charge on any atom is -0.497 e. The van der Waals surface area contributed by atoms with Crippen LogP contribution in [0.3, 0.4) is 0 Å². The zero-order valence-electron chi connectivity index (χ0n) is 13.0. The van der Waals surface area contributed by atoms with Crippen LogP contribution in [0.25, 0.3) is 0 Å². The third kappa shape index (κ3) is 5.10. The van der Waals surface area contributed by atoms with Crippen LogP contribution in [0.15, 0.2) is 53.6 Å². The summed E-state index contributed by atoms with van der Waals surface area (Å²) in [6.45, 7) is -0.209. The monoisotopic (exact) mass is 345 g/mol. The van der Waals surface area contributed by atoms with Gasteiger partial charge in [-0.1, -0.05) is 35.9 Å². The molecule has 0 aliphatic carbocycles. The second kappa shape index (κ2) is 8.69. The highest BCUT2D eigenvalue weighted by Gasteiger charge is 2.10. The van der Waals surface area contributed by atoms with Gasteiger partial charge in [0.1, 0.15) is 5.75 Å². The van der Waals surface area contributed by atoms with Crippen molar-refractivity contribution >= 4 is 29.6 Å². The Kier molecular flexibility index (Phi) is 6.33. The lowest BCUT2D eigenvalue weighted by Crippen LogP contribution is -2.35. The van der Waals surface area contributed by atoms with E-state index in [1.807, 2.05) is 12.1 Å². The molecule has 0 heterocycles. The van der Waals surface area contributed by atoms with Crippen molar-refractivity contribution in [1.82, 2.24) is 10.7 Å². The molecule has 0 atom stereocenters. The van der Waals surface area contributed by atoms with Crippen molar-refractivity contribution in [2.75, 3.05) is 13.7 Å². The fourth-order valence-electron chi connectivity index (χ4n) is 1.84. The molecule has 0 aliphatic heterocycles. The maximum atomic E-state index is 11.9. The SMILES string of the molecule is COc1cccc(C=NNC(=O)CNC(=O)c2ccccc2Cl)c1. The minimum absolute atomic E-state index is 0.209. The standard InChI is InChI=1S/C17H16ClN3O3/c1-24-13-6-4-5-12(9-13)10-20-21-16(22)11-19-17(23)14-7-2-3-8-15(14)18/h2-10H,11H2,1H3,(H,19,23)(H,21,22). The van der Waals surface area contributed by atoms with E-state index >= 15 is 0 Å². The first-order valence-electron chi connectivity index (χ1n) is 7.09. The number of ether oxygens (including phenoxy) is 1. The van der Waals surface area contributed by atoms with Gasteiger partial charge in [-0.15, -0.1) is 0 Å². The van der Waals surface area contributed by atoms with Crippen LogP contribution < -0.4 is 15.5 Å². The fraction of sp³-hybridized carbons (Fsp3) is 0.118. The van der Waals surface area contributed by atoms with Crippen LogP contribution in [-0.2, 0) is 4.79 Å². The Bertz CT molecular complexity index is 762. The van der Waals surface area contributed by atoms with E-state index in [0.29, 0.717) is 16.3 Å². The number of nitrogens with one attached hydrogen (secondary N) is 2. The molecule has 0 unspecified atom stereocenters. The van der Waals surface area contributed by atoms with Crippen LogP contribution in [0, 0.1) is 0 Å². The third-order valence-corrected chi connectivity index (χ3v) is 3.35. The van der Waals surface area contributed by atoms with Crippen LogP contribution in [0.5, 0.6) is 5.75 Å². The first-order valence-corrected chi connectivity index (χ1v) is 7.46. The summed E-state index contributed by atoms with van der Waals surface area (Å²) in [7, 11) is 1.57. The topological polar surface area (TPSA) is 79.8 Å². The number of hydrogen-bond donors (Lipinski definition) is 2. The lowest BCUT2D eigenvalue weighted by molar-refractivity contribution is -0.120. The predicted octanol–water partition coefficient (Wildman–Crippen LogP) is 2.23. The van der Waals surface area contributed by atoms with Gasteiger partial charge in [0.15, 0.2) is 0 Å². The lowest BCUT2D eigenvalue weighted by Gasteiger charge is -2.05. The average Bonchev–Trinajstić information content (AvgIpc) is 2.60. The first kappa shape index (κ1) is 17.5. The van der Waals surface area contributed by atoms with Crippen LogP contribution >= 0.6 is 11.6 Å². The van der Waals surface area contributed by atoms with Crippen LogP contribution in [-0.4, -0.2) is 31.7 Å². The maximum absolute atomic E-state index is 11.9. The summed E-state index contributed by atoms with van der Waals surface area (Å²) in [4.78, 5) is 23.6. The van der Waals surface area contributed by atoms with E-state index in [-0.39, 0.29) is 6.54 Å². The molecular formula is C17H16ClN3O3. The van der Waals surface area contributed by atoms with Crippen molar-refractivity contribution < 1.29 is 14.3 Å². The highest BCUT2D eigenvalue weighted by atomic mass is 35.5. The Balaban J connectivity index is 1.82. The van der Waals surface area contributed by atoms with Crippen molar-refractivity contribution in [3.8, 4) is 5.75 Å². The highest BCUT2D eigenvalue weighted by Crippen LogP contribution is 2.14. The van der Waals surface area contributed by atoms with Crippen molar-refractivity contribution in [3.63, 3.8) is 0 Å². The zero-order valence-corrected chi connectivity index (χ0v) is 13.7.